The van der Waals surface area contributed by atoms with E-state index in [1.807, 2.05) is 6.20 Å². The summed E-state index contributed by atoms with van der Waals surface area (Å²) in [5.41, 5.74) is 2.58. The average molecular weight is 339 g/mol. The number of aromatic nitrogens is 1. The van der Waals surface area contributed by atoms with Crippen molar-refractivity contribution in [2.24, 2.45) is 5.92 Å². The molecule has 1 aromatic rings. The molecular formula is C17H27BrN2. The maximum atomic E-state index is 4.77. The predicted octanol–water partition coefficient (Wildman–Crippen LogP) is 5.08. The van der Waals surface area contributed by atoms with E-state index in [1.54, 1.807) is 0 Å². The summed E-state index contributed by atoms with van der Waals surface area (Å²) in [5.74, 6) is 1.96. The second kappa shape index (κ2) is 7.44. The van der Waals surface area contributed by atoms with E-state index >= 15 is 0 Å². The van der Waals surface area contributed by atoms with Gasteiger partial charge in [0, 0.05) is 24.1 Å². The Hall–Kier alpha value is -0.570. The first kappa shape index (κ1) is 15.8. The van der Waals surface area contributed by atoms with Crippen LogP contribution in [0.2, 0.25) is 0 Å². The zero-order valence-electron chi connectivity index (χ0n) is 13.0. The second-order valence-corrected chi connectivity index (χ2v) is 6.99. The third kappa shape index (κ3) is 3.97. The highest BCUT2D eigenvalue weighted by molar-refractivity contribution is 9.08. The molecule has 0 amide bonds. The van der Waals surface area contributed by atoms with Crippen molar-refractivity contribution in [2.45, 2.75) is 64.2 Å². The monoisotopic (exact) mass is 338 g/mol. The fourth-order valence-electron chi connectivity index (χ4n) is 3.07. The summed E-state index contributed by atoms with van der Waals surface area (Å²) in [6.45, 7) is 7.96. The fraction of sp³-hybridized carbons (Fsp3) is 0.706. The van der Waals surface area contributed by atoms with Crippen molar-refractivity contribution in [2.75, 3.05) is 11.4 Å². The molecule has 20 heavy (non-hydrogen) atoms. The number of anilines is 1. The summed E-state index contributed by atoms with van der Waals surface area (Å²) >= 11 is 3.52. The Morgan fingerprint density at radius 2 is 2.05 bits per heavy atom. The van der Waals surface area contributed by atoms with Gasteiger partial charge in [0.15, 0.2) is 0 Å². The van der Waals surface area contributed by atoms with Crippen molar-refractivity contribution in [3.63, 3.8) is 0 Å². The first-order valence-electron chi connectivity index (χ1n) is 7.90. The highest BCUT2D eigenvalue weighted by atomic mass is 79.9. The molecule has 2 rings (SSSR count). The molecule has 0 bridgehead atoms. The molecule has 0 aliphatic heterocycles. The molecule has 3 heteroatoms. The Balaban J connectivity index is 2.20. The number of halogens is 1. The van der Waals surface area contributed by atoms with Crippen molar-refractivity contribution < 1.29 is 0 Å². The van der Waals surface area contributed by atoms with E-state index in [1.165, 1.54) is 49.0 Å². The zero-order chi connectivity index (χ0) is 14.5. The normalized spacial score (nSPS) is 16.1. The fourth-order valence-corrected chi connectivity index (χ4v) is 3.38. The Morgan fingerprint density at radius 3 is 2.60 bits per heavy atom. The number of rotatable bonds is 6. The van der Waals surface area contributed by atoms with Gasteiger partial charge in [-0.05, 0) is 43.2 Å². The van der Waals surface area contributed by atoms with Crippen LogP contribution in [0.25, 0.3) is 0 Å². The molecule has 0 unspecified atom stereocenters. The summed E-state index contributed by atoms with van der Waals surface area (Å²) in [4.78, 5) is 7.35. The van der Waals surface area contributed by atoms with E-state index in [4.69, 9.17) is 4.98 Å². The van der Waals surface area contributed by atoms with Crippen molar-refractivity contribution in [3.05, 3.63) is 23.4 Å². The van der Waals surface area contributed by atoms with Gasteiger partial charge in [0.25, 0.3) is 0 Å². The van der Waals surface area contributed by atoms with Crippen LogP contribution >= 0.6 is 15.9 Å². The average Bonchev–Trinajstić information content (AvgIpc) is 2.94. The number of nitrogens with zero attached hydrogens (tertiary/aromatic N) is 2. The van der Waals surface area contributed by atoms with E-state index in [-0.39, 0.29) is 0 Å². The molecule has 112 valence electrons. The first-order valence-corrected chi connectivity index (χ1v) is 9.02. The van der Waals surface area contributed by atoms with E-state index in [2.05, 4.69) is 47.7 Å². The van der Waals surface area contributed by atoms with Gasteiger partial charge in [-0.3, -0.25) is 0 Å². The second-order valence-electron chi connectivity index (χ2n) is 6.43. The van der Waals surface area contributed by atoms with Gasteiger partial charge >= 0.3 is 0 Å². The topological polar surface area (TPSA) is 16.1 Å². The van der Waals surface area contributed by atoms with Gasteiger partial charge in [0.1, 0.15) is 5.82 Å². The smallest absolute Gasteiger partial charge is 0.131 e. The lowest BCUT2D eigenvalue weighted by Crippen LogP contribution is -2.36. The third-order valence-corrected chi connectivity index (χ3v) is 4.89. The molecule has 0 aromatic carbocycles. The molecule has 0 radical (unpaired) electrons. The van der Waals surface area contributed by atoms with E-state index in [0.717, 1.165) is 17.8 Å². The molecule has 0 saturated heterocycles. The van der Waals surface area contributed by atoms with Crippen LogP contribution in [0, 0.1) is 12.8 Å². The van der Waals surface area contributed by atoms with Crippen LogP contribution in [-0.4, -0.2) is 17.6 Å². The van der Waals surface area contributed by atoms with Crippen LogP contribution in [0.5, 0.6) is 0 Å². The van der Waals surface area contributed by atoms with Gasteiger partial charge < -0.3 is 4.90 Å². The van der Waals surface area contributed by atoms with Crippen LogP contribution in [-0.2, 0) is 5.33 Å². The molecule has 1 heterocycles. The Labute approximate surface area is 132 Å². The maximum absolute atomic E-state index is 4.77. The van der Waals surface area contributed by atoms with E-state index < -0.39 is 0 Å². The first-order chi connectivity index (χ1) is 9.61. The summed E-state index contributed by atoms with van der Waals surface area (Å²) in [5, 5.41) is 0.885. The minimum Gasteiger partial charge on any atom is -0.353 e. The maximum Gasteiger partial charge on any atom is 0.131 e. The quantitative estimate of drug-likeness (QED) is 0.672. The van der Waals surface area contributed by atoms with Gasteiger partial charge in [-0.1, -0.05) is 48.7 Å². The molecule has 0 atom stereocenters. The largest absolute Gasteiger partial charge is 0.353 e. The van der Waals surface area contributed by atoms with Gasteiger partial charge in [0.05, 0.1) is 0 Å². The molecule has 1 fully saturated rings. The standard InChI is InChI=1S/C17H27BrN2/c1-13(2)8-9-20(16-6-4-5-7-16)17-14(3)10-15(11-18)12-19-17/h10,12-13,16H,4-9,11H2,1-3H3. The lowest BCUT2D eigenvalue weighted by Gasteiger charge is -2.32. The van der Waals surface area contributed by atoms with Crippen LogP contribution in [0.3, 0.4) is 0 Å². The lowest BCUT2D eigenvalue weighted by molar-refractivity contribution is 0.524. The summed E-state index contributed by atoms with van der Waals surface area (Å²) in [6.07, 6.45) is 8.69. The number of alkyl halides is 1. The summed E-state index contributed by atoms with van der Waals surface area (Å²) in [6, 6.07) is 2.98. The van der Waals surface area contributed by atoms with Crippen LogP contribution < -0.4 is 4.90 Å². The molecule has 1 aliphatic carbocycles. The van der Waals surface area contributed by atoms with E-state index in [0.29, 0.717) is 6.04 Å². The van der Waals surface area contributed by atoms with Gasteiger partial charge in [-0.25, -0.2) is 4.98 Å². The van der Waals surface area contributed by atoms with Crippen LogP contribution in [0.4, 0.5) is 5.82 Å². The van der Waals surface area contributed by atoms with Crippen LogP contribution in [0.15, 0.2) is 12.3 Å². The molecule has 1 aliphatic rings. The third-order valence-electron chi connectivity index (χ3n) is 4.25. The Kier molecular flexibility index (Phi) is 5.88. The number of aryl methyl sites for hydroxylation is 1. The molecule has 2 nitrogen and oxygen atoms in total. The number of pyridine rings is 1. The van der Waals surface area contributed by atoms with Crippen molar-refractivity contribution >= 4 is 21.7 Å². The highest BCUT2D eigenvalue weighted by Gasteiger charge is 2.24. The van der Waals surface area contributed by atoms with Gasteiger partial charge in [0.2, 0.25) is 0 Å². The predicted molar refractivity (Wildman–Crippen MR) is 90.7 cm³/mol. The lowest BCUT2D eigenvalue weighted by atomic mass is 10.1. The number of hydrogen-bond donors (Lipinski definition) is 0. The molecule has 0 spiro atoms. The van der Waals surface area contributed by atoms with Crippen molar-refractivity contribution in [3.8, 4) is 0 Å². The van der Waals surface area contributed by atoms with Gasteiger partial charge in [-0.2, -0.15) is 0 Å². The van der Waals surface area contributed by atoms with Crippen molar-refractivity contribution in [1.29, 1.82) is 0 Å². The SMILES string of the molecule is Cc1cc(CBr)cnc1N(CCC(C)C)C1CCCC1. The molecule has 1 aromatic heterocycles. The van der Waals surface area contributed by atoms with Gasteiger partial charge in [-0.15, -0.1) is 0 Å². The Bertz CT molecular complexity index is 425. The highest BCUT2D eigenvalue weighted by Crippen LogP contribution is 2.30. The van der Waals surface area contributed by atoms with E-state index in [9.17, 15) is 0 Å². The van der Waals surface area contributed by atoms with Crippen molar-refractivity contribution in [1.82, 2.24) is 4.98 Å². The summed E-state index contributed by atoms with van der Waals surface area (Å²) < 4.78 is 0. The Morgan fingerprint density at radius 1 is 1.35 bits per heavy atom. The zero-order valence-corrected chi connectivity index (χ0v) is 14.6. The summed E-state index contributed by atoms with van der Waals surface area (Å²) in [7, 11) is 0. The minimum atomic E-state index is 0.703. The van der Waals surface area contributed by atoms with Crippen LogP contribution in [0.1, 0.15) is 57.1 Å². The number of hydrogen-bond acceptors (Lipinski definition) is 2. The molecular weight excluding hydrogens is 312 g/mol. The minimum absolute atomic E-state index is 0.703. The molecule has 1 saturated carbocycles. The molecule has 0 N–H and O–H groups in total.